The van der Waals surface area contributed by atoms with Crippen LogP contribution in [0.25, 0.3) is 11.0 Å². The van der Waals surface area contributed by atoms with Gasteiger partial charge in [0, 0.05) is 13.6 Å². The minimum absolute atomic E-state index is 0.135. The Kier molecular flexibility index (Phi) is 3.69. The second kappa shape index (κ2) is 5.79. The van der Waals surface area contributed by atoms with Crippen LogP contribution in [0, 0.1) is 0 Å². The Bertz CT molecular complexity index is 762. The van der Waals surface area contributed by atoms with Crippen molar-refractivity contribution in [1.82, 2.24) is 14.9 Å². The van der Waals surface area contributed by atoms with E-state index in [1.54, 1.807) is 0 Å². The number of benzene rings is 2. The van der Waals surface area contributed by atoms with Crippen molar-refractivity contribution in [1.29, 1.82) is 0 Å². The van der Waals surface area contributed by atoms with Gasteiger partial charge in [-0.15, -0.1) is 0 Å². The second-order valence-corrected chi connectivity index (χ2v) is 4.97. The molecule has 3 aromatic rings. The summed E-state index contributed by atoms with van der Waals surface area (Å²) in [6.45, 7) is 0.603. The molecule has 0 atom stereocenters. The molecule has 106 valence electrons. The molecule has 0 aliphatic carbocycles. The van der Waals surface area contributed by atoms with Gasteiger partial charge >= 0.3 is 0 Å². The lowest BCUT2D eigenvalue weighted by Crippen LogP contribution is -2.28. The van der Waals surface area contributed by atoms with Gasteiger partial charge in [0.2, 0.25) is 0 Å². The molecular weight excluding hydrogens is 262 g/mol. The van der Waals surface area contributed by atoms with Crippen LogP contribution in [0.15, 0.2) is 54.6 Å². The number of aryl methyl sites for hydroxylation is 1. The topological polar surface area (TPSA) is 46.9 Å². The molecular formula is C17H17N3O. The molecule has 0 bridgehead atoms. The maximum atomic E-state index is 12.2. The molecule has 4 nitrogen and oxygen atoms in total. The summed E-state index contributed by atoms with van der Waals surface area (Å²) in [7, 11) is 1.86. The molecule has 0 aliphatic heterocycles. The van der Waals surface area contributed by atoms with Crippen LogP contribution in [-0.2, 0) is 13.5 Å². The Hall–Kier alpha value is -2.62. The minimum atomic E-state index is -0.135. The molecule has 0 saturated heterocycles. The monoisotopic (exact) mass is 279 g/mol. The highest BCUT2D eigenvalue weighted by molar-refractivity contribution is 5.94. The quantitative estimate of drug-likeness (QED) is 0.798. The van der Waals surface area contributed by atoms with Crippen LogP contribution in [0.5, 0.6) is 0 Å². The molecule has 21 heavy (non-hydrogen) atoms. The zero-order chi connectivity index (χ0) is 14.7. The van der Waals surface area contributed by atoms with Crippen molar-refractivity contribution in [3.8, 4) is 0 Å². The Labute approximate surface area is 123 Å². The Morgan fingerprint density at radius 2 is 1.81 bits per heavy atom. The smallest absolute Gasteiger partial charge is 0.287 e. The molecule has 1 heterocycles. The number of imidazole rings is 1. The lowest BCUT2D eigenvalue weighted by atomic mass is 10.1. The summed E-state index contributed by atoms with van der Waals surface area (Å²) in [5, 5.41) is 2.93. The Balaban J connectivity index is 1.68. The molecule has 4 heteroatoms. The lowest BCUT2D eigenvalue weighted by molar-refractivity contribution is 0.0941. The molecule has 2 aromatic carbocycles. The standard InChI is InChI=1S/C17H17N3O/c1-20-15-10-6-5-9-14(15)19-16(20)17(21)18-12-11-13-7-3-2-4-8-13/h2-10H,11-12H2,1H3,(H,18,21). The number of carbonyl (C=O) groups is 1. The number of nitrogens with zero attached hydrogens (tertiary/aromatic N) is 2. The number of carbonyl (C=O) groups excluding carboxylic acids is 1. The average Bonchev–Trinajstić information content (AvgIpc) is 2.86. The fourth-order valence-corrected chi connectivity index (χ4v) is 2.39. The largest absolute Gasteiger partial charge is 0.349 e. The van der Waals surface area contributed by atoms with E-state index in [4.69, 9.17) is 0 Å². The summed E-state index contributed by atoms with van der Waals surface area (Å²) < 4.78 is 1.83. The summed E-state index contributed by atoms with van der Waals surface area (Å²) in [6, 6.07) is 17.8. The number of hydrogen-bond donors (Lipinski definition) is 1. The van der Waals surface area contributed by atoms with E-state index in [-0.39, 0.29) is 5.91 Å². The van der Waals surface area contributed by atoms with E-state index in [1.807, 2.05) is 54.1 Å². The molecule has 3 rings (SSSR count). The highest BCUT2D eigenvalue weighted by atomic mass is 16.2. The Morgan fingerprint density at radius 1 is 1.10 bits per heavy atom. The van der Waals surface area contributed by atoms with Crippen LogP contribution in [0.4, 0.5) is 0 Å². The van der Waals surface area contributed by atoms with Crippen LogP contribution in [-0.4, -0.2) is 22.0 Å². The number of nitrogens with one attached hydrogen (secondary N) is 1. The maximum Gasteiger partial charge on any atom is 0.287 e. The van der Waals surface area contributed by atoms with E-state index < -0.39 is 0 Å². The molecule has 0 radical (unpaired) electrons. The summed E-state index contributed by atoms with van der Waals surface area (Å²) in [5.74, 6) is 0.314. The fraction of sp³-hybridized carbons (Fsp3) is 0.176. The predicted octanol–water partition coefficient (Wildman–Crippen LogP) is 2.55. The van der Waals surface area contributed by atoms with Crippen LogP contribution in [0.3, 0.4) is 0 Å². The van der Waals surface area contributed by atoms with Crippen molar-refractivity contribution in [3.05, 3.63) is 66.0 Å². The van der Waals surface area contributed by atoms with Crippen molar-refractivity contribution in [2.75, 3.05) is 6.54 Å². The van der Waals surface area contributed by atoms with E-state index >= 15 is 0 Å². The summed E-state index contributed by atoms with van der Waals surface area (Å²) in [5.41, 5.74) is 3.02. The lowest BCUT2D eigenvalue weighted by Gasteiger charge is -2.05. The van der Waals surface area contributed by atoms with E-state index in [0.717, 1.165) is 17.5 Å². The van der Waals surface area contributed by atoms with Crippen LogP contribution >= 0.6 is 0 Å². The van der Waals surface area contributed by atoms with Crippen LogP contribution in [0.2, 0.25) is 0 Å². The zero-order valence-corrected chi connectivity index (χ0v) is 11.9. The van der Waals surface area contributed by atoms with Crippen LogP contribution < -0.4 is 5.32 Å². The highest BCUT2D eigenvalue weighted by Crippen LogP contribution is 2.13. The van der Waals surface area contributed by atoms with Crippen molar-refractivity contribution >= 4 is 16.9 Å². The fourth-order valence-electron chi connectivity index (χ4n) is 2.39. The van der Waals surface area contributed by atoms with Gasteiger partial charge in [0.25, 0.3) is 5.91 Å². The molecule has 0 unspecified atom stereocenters. The maximum absolute atomic E-state index is 12.2. The first kappa shape index (κ1) is 13.4. The minimum Gasteiger partial charge on any atom is -0.349 e. The summed E-state index contributed by atoms with van der Waals surface area (Å²) in [4.78, 5) is 16.6. The van der Waals surface area contributed by atoms with Crippen molar-refractivity contribution in [3.63, 3.8) is 0 Å². The van der Waals surface area contributed by atoms with Gasteiger partial charge in [0.1, 0.15) is 0 Å². The van der Waals surface area contributed by atoms with Gasteiger partial charge < -0.3 is 9.88 Å². The number of rotatable bonds is 4. The average molecular weight is 279 g/mol. The van der Waals surface area contributed by atoms with E-state index in [0.29, 0.717) is 12.4 Å². The zero-order valence-electron chi connectivity index (χ0n) is 11.9. The SMILES string of the molecule is Cn1c(C(=O)NCCc2ccccc2)nc2ccccc21. The van der Waals surface area contributed by atoms with Gasteiger partial charge in [-0.3, -0.25) is 4.79 Å². The Morgan fingerprint density at radius 3 is 2.57 bits per heavy atom. The molecule has 1 amide bonds. The van der Waals surface area contributed by atoms with Gasteiger partial charge in [-0.25, -0.2) is 4.98 Å². The van der Waals surface area contributed by atoms with E-state index in [1.165, 1.54) is 5.56 Å². The summed E-state index contributed by atoms with van der Waals surface area (Å²) >= 11 is 0. The van der Waals surface area contributed by atoms with Crippen molar-refractivity contribution in [2.45, 2.75) is 6.42 Å². The molecule has 0 spiro atoms. The van der Waals surface area contributed by atoms with Gasteiger partial charge in [-0.2, -0.15) is 0 Å². The number of hydrogen-bond acceptors (Lipinski definition) is 2. The molecule has 0 fully saturated rings. The molecule has 1 aromatic heterocycles. The first-order chi connectivity index (χ1) is 10.3. The van der Waals surface area contributed by atoms with E-state index in [2.05, 4.69) is 22.4 Å². The van der Waals surface area contributed by atoms with Gasteiger partial charge in [0.05, 0.1) is 11.0 Å². The normalized spacial score (nSPS) is 10.7. The van der Waals surface area contributed by atoms with Gasteiger partial charge in [-0.1, -0.05) is 42.5 Å². The highest BCUT2D eigenvalue weighted by Gasteiger charge is 2.14. The third-order valence-electron chi connectivity index (χ3n) is 3.53. The van der Waals surface area contributed by atoms with E-state index in [9.17, 15) is 4.79 Å². The third kappa shape index (κ3) is 2.79. The number of fused-ring (bicyclic) bond motifs is 1. The van der Waals surface area contributed by atoms with Gasteiger partial charge in [-0.05, 0) is 24.1 Å². The number of aromatic nitrogens is 2. The number of para-hydroxylation sites is 2. The molecule has 1 N–H and O–H groups in total. The molecule has 0 saturated carbocycles. The number of amides is 1. The van der Waals surface area contributed by atoms with Gasteiger partial charge in [0.15, 0.2) is 5.82 Å². The summed E-state index contributed by atoms with van der Waals surface area (Å²) in [6.07, 6.45) is 0.816. The molecule has 0 aliphatic rings. The predicted molar refractivity (Wildman–Crippen MR) is 83.2 cm³/mol. The first-order valence-corrected chi connectivity index (χ1v) is 6.99. The third-order valence-corrected chi connectivity index (χ3v) is 3.53. The first-order valence-electron chi connectivity index (χ1n) is 6.99. The van der Waals surface area contributed by atoms with Crippen molar-refractivity contribution in [2.24, 2.45) is 7.05 Å². The van der Waals surface area contributed by atoms with Crippen LogP contribution in [0.1, 0.15) is 16.2 Å². The second-order valence-electron chi connectivity index (χ2n) is 4.97. The van der Waals surface area contributed by atoms with Crippen molar-refractivity contribution < 1.29 is 4.79 Å².